The van der Waals surface area contributed by atoms with Crippen LogP contribution in [0.15, 0.2) is 66.7 Å². The van der Waals surface area contributed by atoms with Crippen LogP contribution in [-0.2, 0) is 9.59 Å². The van der Waals surface area contributed by atoms with Crippen molar-refractivity contribution in [2.45, 2.75) is 19.9 Å². The van der Waals surface area contributed by atoms with E-state index in [0.717, 1.165) is 28.1 Å². The van der Waals surface area contributed by atoms with Gasteiger partial charge in [0.05, 0.1) is 12.8 Å². The zero-order chi connectivity index (χ0) is 23.7. The number of carbonyl (C=O) groups is 2. The normalized spacial score (nSPS) is 16.2. The zero-order valence-corrected chi connectivity index (χ0v) is 19.7. The van der Waals surface area contributed by atoms with E-state index in [4.69, 9.17) is 4.74 Å². The first-order chi connectivity index (χ1) is 15.8. The van der Waals surface area contributed by atoms with Crippen molar-refractivity contribution in [3.63, 3.8) is 0 Å². The average Bonchev–Trinajstić information content (AvgIpc) is 2.82. The standard InChI is InChI=1S/C27H29N3O3/c1-18-10-13-22(16-19(18)2)30-25(31)17-29(23-8-6-7-9-24(23)33-5)27(32)26(30)20-11-14-21(15-12-20)28(3)4/h6-16,26H,17H2,1-5H3. The number of nitrogens with zero attached hydrogens (tertiary/aromatic N) is 3. The molecule has 6 heteroatoms. The number of para-hydroxylation sites is 2. The third-order valence-electron chi connectivity index (χ3n) is 6.19. The van der Waals surface area contributed by atoms with Crippen LogP contribution in [0.2, 0.25) is 0 Å². The first kappa shape index (κ1) is 22.4. The zero-order valence-electron chi connectivity index (χ0n) is 19.7. The van der Waals surface area contributed by atoms with Gasteiger partial charge in [-0.25, -0.2) is 0 Å². The van der Waals surface area contributed by atoms with Gasteiger partial charge in [0.15, 0.2) is 0 Å². The van der Waals surface area contributed by atoms with Crippen LogP contribution in [0.1, 0.15) is 22.7 Å². The third-order valence-corrected chi connectivity index (χ3v) is 6.19. The Hall–Kier alpha value is -3.80. The van der Waals surface area contributed by atoms with E-state index >= 15 is 0 Å². The molecule has 1 aliphatic heterocycles. The fourth-order valence-electron chi connectivity index (χ4n) is 4.16. The molecule has 0 aromatic heterocycles. The number of amides is 2. The van der Waals surface area contributed by atoms with Crippen LogP contribution >= 0.6 is 0 Å². The van der Waals surface area contributed by atoms with Crippen molar-refractivity contribution >= 4 is 28.9 Å². The van der Waals surface area contributed by atoms with E-state index in [9.17, 15) is 9.59 Å². The van der Waals surface area contributed by atoms with Gasteiger partial charge in [-0.1, -0.05) is 30.3 Å². The summed E-state index contributed by atoms with van der Waals surface area (Å²) in [6, 6.07) is 20.1. The highest BCUT2D eigenvalue weighted by Gasteiger charge is 2.42. The number of anilines is 3. The second-order valence-corrected chi connectivity index (χ2v) is 8.52. The van der Waals surface area contributed by atoms with Gasteiger partial charge in [0.1, 0.15) is 18.3 Å². The monoisotopic (exact) mass is 443 g/mol. The molecule has 2 amide bonds. The molecule has 6 nitrogen and oxygen atoms in total. The minimum Gasteiger partial charge on any atom is -0.495 e. The fraction of sp³-hybridized carbons (Fsp3) is 0.259. The van der Waals surface area contributed by atoms with Crippen LogP contribution in [-0.4, -0.2) is 39.6 Å². The lowest BCUT2D eigenvalue weighted by atomic mass is 9.98. The molecule has 1 unspecified atom stereocenters. The molecule has 0 N–H and O–H groups in total. The van der Waals surface area contributed by atoms with E-state index in [1.165, 1.54) is 4.90 Å². The fourth-order valence-corrected chi connectivity index (χ4v) is 4.16. The van der Waals surface area contributed by atoms with Crippen molar-refractivity contribution in [3.05, 3.63) is 83.4 Å². The predicted octanol–water partition coefficient (Wildman–Crippen LogP) is 4.50. The van der Waals surface area contributed by atoms with Crippen molar-refractivity contribution in [1.82, 2.24) is 0 Å². The summed E-state index contributed by atoms with van der Waals surface area (Å²) < 4.78 is 5.48. The molecule has 1 heterocycles. The molecule has 1 saturated heterocycles. The number of hydrogen-bond acceptors (Lipinski definition) is 4. The molecule has 1 atom stereocenters. The number of hydrogen-bond donors (Lipinski definition) is 0. The lowest BCUT2D eigenvalue weighted by Crippen LogP contribution is -2.56. The van der Waals surface area contributed by atoms with Gasteiger partial charge in [0, 0.05) is 25.5 Å². The van der Waals surface area contributed by atoms with E-state index in [2.05, 4.69) is 0 Å². The van der Waals surface area contributed by atoms with Crippen LogP contribution in [0.4, 0.5) is 17.1 Å². The summed E-state index contributed by atoms with van der Waals surface area (Å²) in [5.74, 6) is 0.236. The Morgan fingerprint density at radius 2 is 1.61 bits per heavy atom. The summed E-state index contributed by atoms with van der Waals surface area (Å²) in [4.78, 5) is 32.7. The molecule has 1 fully saturated rings. The van der Waals surface area contributed by atoms with Crippen LogP contribution in [0.5, 0.6) is 5.75 Å². The van der Waals surface area contributed by atoms with Gasteiger partial charge < -0.3 is 9.64 Å². The summed E-state index contributed by atoms with van der Waals surface area (Å²) in [5.41, 5.74) is 5.30. The summed E-state index contributed by atoms with van der Waals surface area (Å²) >= 11 is 0. The van der Waals surface area contributed by atoms with Gasteiger partial charge in [0.2, 0.25) is 5.91 Å². The Kier molecular flexibility index (Phi) is 6.09. The van der Waals surface area contributed by atoms with Gasteiger partial charge in [-0.05, 0) is 66.9 Å². The molecule has 170 valence electrons. The number of ether oxygens (including phenoxy) is 1. The van der Waals surface area contributed by atoms with Crippen molar-refractivity contribution in [1.29, 1.82) is 0 Å². The molecular weight excluding hydrogens is 414 g/mol. The molecule has 3 aromatic carbocycles. The molecule has 0 radical (unpaired) electrons. The Labute approximate surface area is 195 Å². The molecule has 0 saturated carbocycles. The van der Waals surface area contributed by atoms with Gasteiger partial charge in [-0.2, -0.15) is 0 Å². The maximum absolute atomic E-state index is 14.0. The first-order valence-electron chi connectivity index (χ1n) is 10.9. The van der Waals surface area contributed by atoms with E-state index in [1.807, 2.05) is 93.5 Å². The molecule has 0 spiro atoms. The largest absolute Gasteiger partial charge is 0.495 e. The van der Waals surface area contributed by atoms with Crippen molar-refractivity contribution < 1.29 is 14.3 Å². The van der Waals surface area contributed by atoms with Crippen molar-refractivity contribution in [2.75, 3.05) is 42.4 Å². The number of benzene rings is 3. The van der Waals surface area contributed by atoms with Gasteiger partial charge in [0.25, 0.3) is 5.91 Å². The number of piperazine rings is 1. The molecule has 0 aliphatic carbocycles. The van der Waals surface area contributed by atoms with Crippen LogP contribution in [0, 0.1) is 13.8 Å². The molecule has 3 aromatic rings. The second kappa shape index (κ2) is 8.98. The minimum absolute atomic E-state index is 0.0571. The van der Waals surface area contributed by atoms with Gasteiger partial charge in [-0.3, -0.25) is 19.4 Å². The van der Waals surface area contributed by atoms with Gasteiger partial charge in [-0.15, -0.1) is 0 Å². The SMILES string of the molecule is COc1ccccc1N1CC(=O)N(c2ccc(C)c(C)c2)C(c2ccc(N(C)C)cc2)C1=O. The van der Waals surface area contributed by atoms with Crippen molar-refractivity contribution in [3.8, 4) is 5.75 Å². The highest BCUT2D eigenvalue weighted by Crippen LogP contribution is 2.38. The highest BCUT2D eigenvalue weighted by molar-refractivity contribution is 6.15. The Morgan fingerprint density at radius 3 is 2.24 bits per heavy atom. The minimum atomic E-state index is -0.783. The summed E-state index contributed by atoms with van der Waals surface area (Å²) in [6.07, 6.45) is 0. The third kappa shape index (κ3) is 4.16. The quantitative estimate of drug-likeness (QED) is 0.583. The second-order valence-electron chi connectivity index (χ2n) is 8.52. The number of carbonyl (C=O) groups excluding carboxylic acids is 2. The van der Waals surface area contributed by atoms with Crippen LogP contribution in [0.3, 0.4) is 0 Å². The maximum atomic E-state index is 14.0. The van der Waals surface area contributed by atoms with E-state index < -0.39 is 6.04 Å². The first-order valence-corrected chi connectivity index (χ1v) is 10.9. The molecule has 1 aliphatic rings. The van der Waals surface area contributed by atoms with Crippen LogP contribution in [0.25, 0.3) is 0 Å². The Morgan fingerprint density at radius 1 is 0.909 bits per heavy atom. The van der Waals surface area contributed by atoms with E-state index in [-0.39, 0.29) is 18.4 Å². The van der Waals surface area contributed by atoms with Crippen LogP contribution < -0.4 is 19.4 Å². The maximum Gasteiger partial charge on any atom is 0.255 e. The Bertz CT molecular complexity index is 1190. The highest BCUT2D eigenvalue weighted by atomic mass is 16.5. The van der Waals surface area contributed by atoms with Crippen molar-refractivity contribution in [2.24, 2.45) is 0 Å². The molecule has 0 bridgehead atoms. The topological polar surface area (TPSA) is 53.1 Å². The number of methoxy groups -OCH3 is 1. The van der Waals surface area contributed by atoms with E-state index in [0.29, 0.717) is 11.4 Å². The lowest BCUT2D eigenvalue weighted by Gasteiger charge is -2.41. The number of rotatable bonds is 5. The summed E-state index contributed by atoms with van der Waals surface area (Å²) in [6.45, 7) is 3.98. The smallest absolute Gasteiger partial charge is 0.255 e. The molecule has 33 heavy (non-hydrogen) atoms. The number of aryl methyl sites for hydroxylation is 2. The predicted molar refractivity (Wildman–Crippen MR) is 132 cm³/mol. The van der Waals surface area contributed by atoms with E-state index in [1.54, 1.807) is 18.1 Å². The summed E-state index contributed by atoms with van der Waals surface area (Å²) in [5, 5.41) is 0. The lowest BCUT2D eigenvalue weighted by molar-refractivity contribution is -0.128. The molecule has 4 rings (SSSR count). The average molecular weight is 444 g/mol. The Balaban J connectivity index is 1.84. The summed E-state index contributed by atoms with van der Waals surface area (Å²) in [7, 11) is 5.50. The molecular formula is C27H29N3O3. The van der Waals surface area contributed by atoms with Gasteiger partial charge >= 0.3 is 0 Å².